The van der Waals surface area contributed by atoms with E-state index in [1.807, 2.05) is 0 Å². The number of amides is 1. The summed E-state index contributed by atoms with van der Waals surface area (Å²) in [5.74, 6) is 0.00752. The first-order chi connectivity index (χ1) is 14.8. The molecule has 0 bridgehead atoms. The van der Waals surface area contributed by atoms with Crippen LogP contribution in [0.25, 0.3) is 0 Å². The third-order valence-electron chi connectivity index (χ3n) is 3.54. The topological polar surface area (TPSA) is 93.7 Å². The van der Waals surface area contributed by atoms with E-state index in [2.05, 4.69) is 27.9 Å². The lowest BCUT2D eigenvalue weighted by molar-refractivity contribution is -0.118. The van der Waals surface area contributed by atoms with E-state index in [1.54, 1.807) is 0 Å². The van der Waals surface area contributed by atoms with Crippen molar-refractivity contribution < 1.29 is 38.0 Å². The predicted molar refractivity (Wildman–Crippen MR) is 123 cm³/mol. The highest BCUT2D eigenvalue weighted by Gasteiger charge is 1.95. The van der Waals surface area contributed by atoms with Gasteiger partial charge in [-0.3, -0.25) is 4.79 Å². The lowest BCUT2D eigenvalue weighted by Crippen LogP contribution is -2.21. The molecule has 0 aromatic heterocycles. The lowest BCUT2D eigenvalue weighted by atomic mass is 10.3. The molecule has 0 heterocycles. The molecule has 0 aliphatic heterocycles. The normalized spacial score (nSPS) is 11.1. The monoisotopic (exact) mass is 549 g/mol. The van der Waals surface area contributed by atoms with Crippen LogP contribution in [0.15, 0.2) is 0 Å². The fourth-order valence-corrected chi connectivity index (χ4v) is 2.38. The van der Waals surface area contributed by atoms with Crippen molar-refractivity contribution in [3.05, 3.63) is 0 Å². The van der Waals surface area contributed by atoms with Crippen molar-refractivity contribution in [3.8, 4) is 0 Å². The van der Waals surface area contributed by atoms with Crippen LogP contribution in [0.1, 0.15) is 19.8 Å². The van der Waals surface area contributed by atoms with Gasteiger partial charge in [0.1, 0.15) is 0 Å². The molecule has 0 saturated heterocycles. The number of hydrogen-bond acceptors (Lipinski definition) is 8. The summed E-state index contributed by atoms with van der Waals surface area (Å²) >= 11 is 2.28. The van der Waals surface area contributed by atoms with E-state index < -0.39 is 0 Å². The number of unbranched alkanes of at least 4 members (excludes halogenated alkanes) is 1. The molecule has 9 nitrogen and oxygen atoms in total. The predicted octanol–water partition coefficient (Wildman–Crippen LogP) is 1.45. The van der Waals surface area contributed by atoms with Crippen LogP contribution in [0.3, 0.4) is 0 Å². The van der Waals surface area contributed by atoms with E-state index in [0.29, 0.717) is 92.4 Å². The zero-order valence-corrected chi connectivity index (χ0v) is 20.5. The number of carbonyl (C=O) groups excluding carboxylic acids is 1. The summed E-state index contributed by atoms with van der Waals surface area (Å²) in [6.07, 6.45) is 1.85. The van der Waals surface area contributed by atoms with Gasteiger partial charge in [-0.15, -0.1) is 0 Å². The van der Waals surface area contributed by atoms with Gasteiger partial charge in [0.25, 0.3) is 0 Å². The average Bonchev–Trinajstić information content (AvgIpc) is 2.73. The number of rotatable bonds is 25. The second-order valence-electron chi connectivity index (χ2n) is 6.17. The molecular formula is C20H40INO8. The summed E-state index contributed by atoms with van der Waals surface area (Å²) in [4.78, 5) is 10.7. The van der Waals surface area contributed by atoms with Gasteiger partial charge < -0.3 is 38.5 Å². The van der Waals surface area contributed by atoms with Gasteiger partial charge >= 0.3 is 0 Å². The molecule has 180 valence electrons. The molecule has 0 fully saturated rings. The minimum Gasteiger partial charge on any atom is -0.379 e. The number of carbonyl (C=O) groups is 1. The minimum atomic E-state index is 0.00752. The molecule has 0 aliphatic carbocycles. The summed E-state index contributed by atoms with van der Waals surface area (Å²) in [5, 5.41) is 2.75. The largest absolute Gasteiger partial charge is 0.379 e. The molecule has 0 atom stereocenters. The van der Waals surface area contributed by atoms with Crippen molar-refractivity contribution in [3.63, 3.8) is 0 Å². The van der Waals surface area contributed by atoms with Crippen molar-refractivity contribution in [2.45, 2.75) is 19.8 Å². The Morgan fingerprint density at radius 1 is 0.567 bits per heavy atom. The van der Waals surface area contributed by atoms with Crippen molar-refractivity contribution in [2.75, 3.05) is 103 Å². The first kappa shape index (κ1) is 29.9. The SMILES string of the molecule is CC(=O)NCCCCOCCOCCOCCOCCOCCOCCOCCI. The number of ether oxygens (including phenoxy) is 7. The Hall–Kier alpha value is -0.0800. The van der Waals surface area contributed by atoms with Gasteiger partial charge in [0.2, 0.25) is 5.91 Å². The van der Waals surface area contributed by atoms with E-state index in [4.69, 9.17) is 33.2 Å². The fraction of sp³-hybridized carbons (Fsp3) is 0.950. The Labute approximate surface area is 194 Å². The summed E-state index contributed by atoms with van der Waals surface area (Å²) in [5.41, 5.74) is 0. The summed E-state index contributed by atoms with van der Waals surface area (Å²) in [7, 11) is 0. The second-order valence-corrected chi connectivity index (χ2v) is 7.24. The molecular weight excluding hydrogens is 509 g/mol. The smallest absolute Gasteiger partial charge is 0.216 e. The van der Waals surface area contributed by atoms with Crippen LogP contribution in [0.2, 0.25) is 0 Å². The van der Waals surface area contributed by atoms with E-state index in [9.17, 15) is 4.79 Å². The molecule has 0 rings (SSSR count). The Kier molecular flexibility index (Phi) is 26.9. The molecule has 1 N–H and O–H groups in total. The van der Waals surface area contributed by atoms with Crippen LogP contribution in [-0.2, 0) is 38.0 Å². The second kappa shape index (κ2) is 27.0. The Morgan fingerprint density at radius 2 is 0.900 bits per heavy atom. The third-order valence-corrected chi connectivity index (χ3v) is 3.98. The number of nitrogens with one attached hydrogen (secondary N) is 1. The highest BCUT2D eigenvalue weighted by molar-refractivity contribution is 14.1. The first-order valence-electron chi connectivity index (χ1n) is 10.6. The lowest BCUT2D eigenvalue weighted by Gasteiger charge is -2.08. The molecule has 0 aromatic carbocycles. The highest BCUT2D eigenvalue weighted by atomic mass is 127. The van der Waals surface area contributed by atoms with Gasteiger partial charge in [0.05, 0.1) is 85.9 Å². The molecule has 0 aliphatic rings. The van der Waals surface area contributed by atoms with E-state index in [0.717, 1.165) is 23.9 Å². The first-order valence-corrected chi connectivity index (χ1v) is 12.1. The number of alkyl halides is 1. The fourth-order valence-electron chi connectivity index (χ4n) is 2.07. The van der Waals surface area contributed by atoms with Crippen molar-refractivity contribution >= 4 is 28.5 Å². The van der Waals surface area contributed by atoms with Gasteiger partial charge in [0.15, 0.2) is 0 Å². The number of halogens is 1. The van der Waals surface area contributed by atoms with Crippen molar-refractivity contribution in [1.82, 2.24) is 5.32 Å². The maximum Gasteiger partial charge on any atom is 0.216 e. The zero-order valence-electron chi connectivity index (χ0n) is 18.4. The Bertz CT molecular complexity index is 353. The maximum absolute atomic E-state index is 10.7. The zero-order chi connectivity index (χ0) is 22.0. The van der Waals surface area contributed by atoms with Crippen LogP contribution < -0.4 is 5.32 Å². The van der Waals surface area contributed by atoms with Gasteiger partial charge in [0, 0.05) is 24.5 Å². The van der Waals surface area contributed by atoms with Crippen LogP contribution in [0.5, 0.6) is 0 Å². The van der Waals surface area contributed by atoms with Gasteiger partial charge in [-0.05, 0) is 12.8 Å². The molecule has 0 saturated carbocycles. The van der Waals surface area contributed by atoms with Crippen LogP contribution in [-0.4, -0.2) is 109 Å². The summed E-state index contributed by atoms with van der Waals surface area (Å²) < 4.78 is 38.8. The molecule has 0 radical (unpaired) electrons. The summed E-state index contributed by atoms with van der Waals surface area (Å²) in [6, 6.07) is 0. The van der Waals surface area contributed by atoms with Gasteiger partial charge in [-0.25, -0.2) is 0 Å². The third kappa shape index (κ3) is 27.9. The molecule has 1 amide bonds. The van der Waals surface area contributed by atoms with Gasteiger partial charge in [-0.1, -0.05) is 22.6 Å². The minimum absolute atomic E-state index is 0.00752. The van der Waals surface area contributed by atoms with Crippen molar-refractivity contribution in [1.29, 1.82) is 0 Å². The van der Waals surface area contributed by atoms with E-state index in [1.165, 1.54) is 6.92 Å². The molecule has 10 heteroatoms. The van der Waals surface area contributed by atoms with Crippen LogP contribution in [0.4, 0.5) is 0 Å². The molecule has 0 unspecified atom stereocenters. The number of hydrogen-bond donors (Lipinski definition) is 1. The highest BCUT2D eigenvalue weighted by Crippen LogP contribution is 1.90. The summed E-state index contributed by atoms with van der Waals surface area (Å²) in [6.45, 7) is 10.4. The molecule has 0 aromatic rings. The van der Waals surface area contributed by atoms with E-state index >= 15 is 0 Å². The van der Waals surface area contributed by atoms with Crippen molar-refractivity contribution in [2.24, 2.45) is 0 Å². The molecule has 30 heavy (non-hydrogen) atoms. The average molecular weight is 549 g/mol. The standard InChI is InChI=1S/C20H40INO8/c1-20(23)22-5-2-3-6-24-8-10-26-12-14-28-16-18-30-19-17-29-15-13-27-11-9-25-7-4-21/h2-19H2,1H3,(H,22,23). The van der Waals surface area contributed by atoms with E-state index in [-0.39, 0.29) is 5.91 Å². The quantitative estimate of drug-likeness (QED) is 0.104. The Balaban J connectivity index is 2.99. The van der Waals surface area contributed by atoms with Gasteiger partial charge in [-0.2, -0.15) is 0 Å². The maximum atomic E-state index is 10.7. The van der Waals surface area contributed by atoms with Crippen LogP contribution in [0, 0.1) is 0 Å². The van der Waals surface area contributed by atoms with Crippen LogP contribution >= 0.6 is 22.6 Å². The molecule has 0 spiro atoms. The Morgan fingerprint density at radius 3 is 1.23 bits per heavy atom.